The molecule has 0 aliphatic heterocycles. The molecule has 0 saturated heterocycles. The summed E-state index contributed by atoms with van der Waals surface area (Å²) >= 11 is 0. The summed E-state index contributed by atoms with van der Waals surface area (Å²) in [5.74, 6) is 0. The Balaban J connectivity index is 2.61. The number of nitrogens with one attached hydrogen (secondary N) is 2. The molecule has 2 aromatic rings. The van der Waals surface area contributed by atoms with Gasteiger partial charge in [0.1, 0.15) is 0 Å². The second kappa shape index (κ2) is 4.88. The molecule has 2 rings (SSSR count). The number of anilines is 2. The molecule has 0 aromatic heterocycles. The Labute approximate surface area is 96.7 Å². The van der Waals surface area contributed by atoms with Crippen LogP contribution >= 0.6 is 0 Å². The van der Waals surface area contributed by atoms with E-state index in [1.807, 2.05) is 0 Å². The van der Waals surface area contributed by atoms with Gasteiger partial charge in [0.05, 0.1) is 0 Å². The first-order chi connectivity index (χ1) is 7.86. The number of rotatable bonds is 4. The molecule has 0 atom stereocenters. The van der Waals surface area contributed by atoms with Crippen LogP contribution in [0, 0.1) is 0 Å². The fourth-order valence-corrected chi connectivity index (χ4v) is 2.02. The second-order valence-corrected chi connectivity index (χ2v) is 3.77. The fourth-order valence-electron chi connectivity index (χ4n) is 2.02. The Morgan fingerprint density at radius 2 is 1.31 bits per heavy atom. The van der Waals surface area contributed by atoms with Crippen LogP contribution in [-0.4, -0.2) is 13.1 Å². The highest BCUT2D eigenvalue weighted by molar-refractivity contribution is 6.03. The third-order valence-corrected chi connectivity index (χ3v) is 2.64. The van der Waals surface area contributed by atoms with Crippen molar-refractivity contribution in [2.24, 2.45) is 0 Å². The molecule has 2 aromatic carbocycles. The highest BCUT2D eigenvalue weighted by Gasteiger charge is 2.04. The zero-order valence-corrected chi connectivity index (χ0v) is 9.88. The van der Waals surface area contributed by atoms with Gasteiger partial charge in [0.15, 0.2) is 0 Å². The van der Waals surface area contributed by atoms with Crippen molar-refractivity contribution in [3.63, 3.8) is 0 Å². The summed E-state index contributed by atoms with van der Waals surface area (Å²) in [7, 11) is 0. The van der Waals surface area contributed by atoms with Crippen molar-refractivity contribution in [3.05, 3.63) is 36.4 Å². The molecule has 0 radical (unpaired) electrons. The van der Waals surface area contributed by atoms with Gasteiger partial charge in [-0.3, -0.25) is 0 Å². The Hall–Kier alpha value is -1.70. The summed E-state index contributed by atoms with van der Waals surface area (Å²) in [6.45, 7) is 6.13. The highest BCUT2D eigenvalue weighted by Crippen LogP contribution is 2.30. The predicted octanol–water partition coefficient (Wildman–Crippen LogP) is 3.70. The molecule has 0 fully saturated rings. The normalized spacial score (nSPS) is 10.4. The highest BCUT2D eigenvalue weighted by atomic mass is 14.9. The zero-order chi connectivity index (χ0) is 11.4. The molecule has 2 heteroatoms. The summed E-state index contributed by atoms with van der Waals surface area (Å²) in [4.78, 5) is 0. The Kier molecular flexibility index (Phi) is 3.30. The van der Waals surface area contributed by atoms with Crippen molar-refractivity contribution >= 4 is 22.1 Å². The van der Waals surface area contributed by atoms with Gasteiger partial charge in [0, 0.05) is 29.9 Å². The quantitative estimate of drug-likeness (QED) is 0.810. The maximum absolute atomic E-state index is 3.41. The molecule has 0 bridgehead atoms. The van der Waals surface area contributed by atoms with E-state index in [1.54, 1.807) is 0 Å². The molecule has 0 saturated carbocycles. The van der Waals surface area contributed by atoms with Crippen LogP contribution in [0.1, 0.15) is 13.8 Å². The lowest BCUT2D eigenvalue weighted by molar-refractivity contribution is 1.21. The molecule has 0 heterocycles. The first-order valence-corrected chi connectivity index (χ1v) is 5.86. The molecule has 0 spiro atoms. The molecular weight excluding hydrogens is 196 g/mol. The van der Waals surface area contributed by atoms with E-state index in [0.29, 0.717) is 0 Å². The van der Waals surface area contributed by atoms with Gasteiger partial charge in [-0.1, -0.05) is 24.3 Å². The van der Waals surface area contributed by atoms with E-state index in [0.717, 1.165) is 13.1 Å². The summed E-state index contributed by atoms with van der Waals surface area (Å²) in [5, 5.41) is 9.38. The summed E-state index contributed by atoms with van der Waals surface area (Å²) in [6.07, 6.45) is 0. The maximum Gasteiger partial charge on any atom is 0.0440 e. The first-order valence-electron chi connectivity index (χ1n) is 5.86. The van der Waals surface area contributed by atoms with E-state index in [4.69, 9.17) is 0 Å². The minimum absolute atomic E-state index is 0.944. The molecule has 2 nitrogen and oxygen atoms in total. The zero-order valence-electron chi connectivity index (χ0n) is 9.88. The van der Waals surface area contributed by atoms with Crippen LogP contribution in [-0.2, 0) is 0 Å². The maximum atomic E-state index is 3.41. The first kappa shape index (κ1) is 10.8. The van der Waals surface area contributed by atoms with Crippen LogP contribution in [0.5, 0.6) is 0 Å². The smallest absolute Gasteiger partial charge is 0.0440 e. The van der Waals surface area contributed by atoms with Gasteiger partial charge in [-0.2, -0.15) is 0 Å². The SMILES string of the molecule is CCNc1cccc2cccc(NCC)c12. The average Bonchev–Trinajstić information content (AvgIpc) is 2.30. The molecule has 84 valence electrons. The van der Waals surface area contributed by atoms with Crippen molar-refractivity contribution < 1.29 is 0 Å². The van der Waals surface area contributed by atoms with E-state index >= 15 is 0 Å². The summed E-state index contributed by atoms with van der Waals surface area (Å²) < 4.78 is 0. The van der Waals surface area contributed by atoms with Crippen LogP contribution in [0.15, 0.2) is 36.4 Å². The number of hydrogen-bond acceptors (Lipinski definition) is 2. The topological polar surface area (TPSA) is 24.1 Å². The van der Waals surface area contributed by atoms with Crippen LogP contribution in [0.4, 0.5) is 11.4 Å². The lowest BCUT2D eigenvalue weighted by atomic mass is 10.1. The molecule has 0 aliphatic rings. The number of benzene rings is 2. The molecular formula is C14H18N2. The van der Waals surface area contributed by atoms with Gasteiger partial charge in [0.2, 0.25) is 0 Å². The van der Waals surface area contributed by atoms with E-state index < -0.39 is 0 Å². The monoisotopic (exact) mass is 214 g/mol. The van der Waals surface area contributed by atoms with Gasteiger partial charge in [0.25, 0.3) is 0 Å². The molecule has 16 heavy (non-hydrogen) atoms. The number of hydrogen-bond donors (Lipinski definition) is 2. The van der Waals surface area contributed by atoms with Gasteiger partial charge in [-0.05, 0) is 31.4 Å². The van der Waals surface area contributed by atoms with E-state index in [-0.39, 0.29) is 0 Å². The van der Waals surface area contributed by atoms with Gasteiger partial charge < -0.3 is 10.6 Å². The van der Waals surface area contributed by atoms with Crippen molar-refractivity contribution in [3.8, 4) is 0 Å². The van der Waals surface area contributed by atoms with Gasteiger partial charge in [-0.25, -0.2) is 0 Å². The van der Waals surface area contributed by atoms with Gasteiger partial charge >= 0.3 is 0 Å². The minimum atomic E-state index is 0.944. The van der Waals surface area contributed by atoms with Crippen molar-refractivity contribution in [2.45, 2.75) is 13.8 Å². The third kappa shape index (κ3) is 1.96. The summed E-state index contributed by atoms with van der Waals surface area (Å²) in [6, 6.07) is 12.7. The molecule has 2 N–H and O–H groups in total. The van der Waals surface area contributed by atoms with E-state index in [1.165, 1.54) is 22.1 Å². The standard InChI is InChI=1S/C14H18N2/c1-3-15-12-9-5-7-11-8-6-10-13(14(11)12)16-4-2/h5-10,15-16H,3-4H2,1-2H3. The summed E-state index contributed by atoms with van der Waals surface area (Å²) in [5.41, 5.74) is 2.41. The van der Waals surface area contributed by atoms with Crippen LogP contribution in [0.25, 0.3) is 10.8 Å². The van der Waals surface area contributed by atoms with Crippen LogP contribution < -0.4 is 10.6 Å². The van der Waals surface area contributed by atoms with E-state index in [2.05, 4.69) is 60.9 Å². The van der Waals surface area contributed by atoms with Crippen LogP contribution in [0.2, 0.25) is 0 Å². The van der Waals surface area contributed by atoms with Crippen molar-refractivity contribution in [1.29, 1.82) is 0 Å². The third-order valence-electron chi connectivity index (χ3n) is 2.64. The second-order valence-electron chi connectivity index (χ2n) is 3.77. The predicted molar refractivity (Wildman–Crippen MR) is 72.3 cm³/mol. The molecule has 0 unspecified atom stereocenters. The van der Waals surface area contributed by atoms with E-state index in [9.17, 15) is 0 Å². The van der Waals surface area contributed by atoms with Crippen molar-refractivity contribution in [1.82, 2.24) is 0 Å². The molecule has 0 amide bonds. The molecule has 0 aliphatic carbocycles. The van der Waals surface area contributed by atoms with Crippen molar-refractivity contribution in [2.75, 3.05) is 23.7 Å². The van der Waals surface area contributed by atoms with Crippen LogP contribution in [0.3, 0.4) is 0 Å². The Morgan fingerprint density at radius 3 is 1.75 bits per heavy atom. The fraction of sp³-hybridized carbons (Fsp3) is 0.286. The number of fused-ring (bicyclic) bond motifs is 1. The van der Waals surface area contributed by atoms with Gasteiger partial charge in [-0.15, -0.1) is 0 Å². The lowest BCUT2D eigenvalue weighted by Gasteiger charge is -2.13. The average molecular weight is 214 g/mol. The largest absolute Gasteiger partial charge is 0.385 e. The Morgan fingerprint density at radius 1 is 0.812 bits per heavy atom. The Bertz CT molecular complexity index is 436. The minimum Gasteiger partial charge on any atom is -0.385 e. The lowest BCUT2D eigenvalue weighted by Crippen LogP contribution is -2.01.